The second-order valence-corrected chi connectivity index (χ2v) is 14.9. The van der Waals surface area contributed by atoms with Crippen LogP contribution in [-0.2, 0) is 0 Å². The van der Waals surface area contributed by atoms with Gasteiger partial charge in [-0.05, 0) is 57.6 Å². The Kier molecular flexibility index (Phi) is 5.86. The molecule has 0 N–H and O–H groups in total. The van der Waals surface area contributed by atoms with E-state index < -0.39 is 0 Å². The maximum Gasteiger partial charge on any atom is 0.235 e. The molecule has 0 fully saturated rings. The minimum atomic E-state index is 0.661. The van der Waals surface area contributed by atoms with Gasteiger partial charge in [0.15, 0.2) is 0 Å². The summed E-state index contributed by atoms with van der Waals surface area (Å²) in [4.78, 5) is 11.1. The molecule has 0 aliphatic rings. The van der Waals surface area contributed by atoms with Gasteiger partial charge in [-0.1, -0.05) is 152 Å². The zero-order valence-electron chi connectivity index (χ0n) is 30.1. The first-order valence-electron chi connectivity index (χ1n) is 19.2. The highest BCUT2D eigenvalue weighted by Crippen LogP contribution is 2.48. The molecule has 0 aliphatic heterocycles. The summed E-state index contributed by atoms with van der Waals surface area (Å²) >= 11 is 0. The topological polar surface area (TPSA) is 35.1 Å². The normalized spacial score (nSPS) is 12.3. The van der Waals surface area contributed by atoms with Crippen molar-refractivity contribution in [2.24, 2.45) is 0 Å². The van der Waals surface area contributed by atoms with E-state index in [0.29, 0.717) is 5.95 Å². The van der Waals surface area contributed by atoms with E-state index in [1.165, 1.54) is 70.8 Å². The van der Waals surface area contributed by atoms with Gasteiger partial charge < -0.3 is 4.40 Å². The van der Waals surface area contributed by atoms with Crippen molar-refractivity contribution in [2.75, 3.05) is 0 Å². The van der Waals surface area contributed by atoms with Gasteiger partial charge >= 0.3 is 0 Å². The molecule has 4 nitrogen and oxygen atoms in total. The first-order valence-corrected chi connectivity index (χ1v) is 19.2. The third kappa shape index (κ3) is 3.92. The van der Waals surface area contributed by atoms with E-state index in [4.69, 9.17) is 9.97 Å². The highest BCUT2D eigenvalue weighted by molar-refractivity contribution is 6.38. The summed E-state index contributed by atoms with van der Waals surface area (Å²) in [5.41, 5.74) is 11.2. The third-order valence-corrected chi connectivity index (χ3v) is 12.0. The maximum atomic E-state index is 5.56. The molecule has 0 amide bonds. The lowest BCUT2D eigenvalue weighted by atomic mass is 9.98. The van der Waals surface area contributed by atoms with E-state index in [9.17, 15) is 0 Å². The molecular formula is C52H30N4. The number of hydrogen-bond donors (Lipinski definition) is 0. The van der Waals surface area contributed by atoms with Gasteiger partial charge in [0.05, 0.1) is 38.8 Å². The van der Waals surface area contributed by atoms with Crippen molar-refractivity contribution < 1.29 is 0 Å². The highest BCUT2D eigenvalue weighted by Gasteiger charge is 2.26. The van der Waals surface area contributed by atoms with Crippen molar-refractivity contribution in [3.63, 3.8) is 0 Å². The number of aromatic nitrogens is 4. The lowest BCUT2D eigenvalue weighted by molar-refractivity contribution is 1.02. The summed E-state index contributed by atoms with van der Waals surface area (Å²) in [5.74, 6) is 0.661. The fourth-order valence-electron chi connectivity index (χ4n) is 9.61. The van der Waals surface area contributed by atoms with E-state index in [2.05, 4.69) is 191 Å². The summed E-state index contributed by atoms with van der Waals surface area (Å²) in [6.45, 7) is 0. The van der Waals surface area contributed by atoms with Gasteiger partial charge in [-0.15, -0.1) is 0 Å². The Morgan fingerprint density at radius 3 is 1.77 bits per heavy atom. The van der Waals surface area contributed by atoms with Gasteiger partial charge in [0.25, 0.3) is 0 Å². The maximum absolute atomic E-state index is 5.56. The summed E-state index contributed by atoms with van der Waals surface area (Å²) in [6.07, 6.45) is 0. The van der Waals surface area contributed by atoms with Crippen LogP contribution in [0.3, 0.4) is 0 Å². The van der Waals surface area contributed by atoms with Crippen molar-refractivity contribution in [3.05, 3.63) is 182 Å². The number of rotatable bonds is 3. The molecule has 0 saturated heterocycles. The van der Waals surface area contributed by atoms with Crippen LogP contribution in [0, 0.1) is 0 Å². The van der Waals surface area contributed by atoms with E-state index in [1.54, 1.807) is 0 Å². The number of fused-ring (bicyclic) bond motifs is 15. The van der Waals surface area contributed by atoms with Gasteiger partial charge in [-0.3, -0.25) is 4.57 Å². The first-order chi connectivity index (χ1) is 27.8. The Balaban J connectivity index is 1.20. The molecule has 9 aromatic carbocycles. The van der Waals surface area contributed by atoms with Gasteiger partial charge in [0.1, 0.15) is 0 Å². The quantitative estimate of drug-likeness (QED) is 0.171. The predicted octanol–water partition coefficient (Wildman–Crippen LogP) is 13.5. The molecular weight excluding hydrogens is 681 g/mol. The standard InChI is InChI=1S/C52H30N4/c1-2-12-31(13-3-1)32-22-24-35(25-23-32)49-40-28-26-34-15-5-7-17-37(34)50(40)54-52(53-49)56-43-21-11-9-19-39(43)47-45(56)30-41-38-18-8-10-20-42(38)55-44-29-27-33-14-4-6-16-36(33)46(44)48(47)51(41)55/h1-30H. The van der Waals surface area contributed by atoms with Crippen molar-refractivity contribution in [1.82, 2.24) is 18.9 Å². The lowest BCUT2D eigenvalue weighted by Gasteiger charge is -2.14. The predicted molar refractivity (Wildman–Crippen MR) is 234 cm³/mol. The zero-order chi connectivity index (χ0) is 36.5. The summed E-state index contributed by atoms with van der Waals surface area (Å²) in [7, 11) is 0. The molecule has 0 bridgehead atoms. The van der Waals surface area contributed by atoms with E-state index in [1.807, 2.05) is 0 Å². The Bertz CT molecular complexity index is 3740. The fraction of sp³-hybridized carbons (Fsp3) is 0. The molecule has 4 aromatic heterocycles. The smallest absolute Gasteiger partial charge is 0.235 e. The molecule has 56 heavy (non-hydrogen) atoms. The minimum absolute atomic E-state index is 0.661. The van der Waals surface area contributed by atoms with Crippen molar-refractivity contribution in [3.8, 4) is 28.3 Å². The molecule has 0 spiro atoms. The largest absolute Gasteiger partial charge is 0.308 e. The molecule has 0 unspecified atom stereocenters. The van der Waals surface area contributed by atoms with Gasteiger partial charge in [0.2, 0.25) is 5.95 Å². The second kappa shape index (κ2) is 11.0. The molecule has 0 saturated carbocycles. The van der Waals surface area contributed by atoms with Crippen molar-refractivity contribution >= 4 is 92.3 Å². The third-order valence-electron chi connectivity index (χ3n) is 12.0. The summed E-state index contributed by atoms with van der Waals surface area (Å²) in [6, 6.07) is 65.7. The minimum Gasteiger partial charge on any atom is -0.308 e. The molecule has 4 heteroatoms. The van der Waals surface area contributed by atoms with Crippen LogP contribution in [0.15, 0.2) is 182 Å². The van der Waals surface area contributed by atoms with E-state index >= 15 is 0 Å². The molecule has 0 aliphatic carbocycles. The lowest BCUT2D eigenvalue weighted by Crippen LogP contribution is -2.04. The summed E-state index contributed by atoms with van der Waals surface area (Å²) in [5, 5.41) is 13.2. The molecule has 4 heterocycles. The fourth-order valence-corrected chi connectivity index (χ4v) is 9.61. The van der Waals surface area contributed by atoms with Gasteiger partial charge in [0, 0.05) is 48.7 Å². The van der Waals surface area contributed by atoms with Crippen LogP contribution in [0.25, 0.3) is 121 Å². The van der Waals surface area contributed by atoms with Crippen molar-refractivity contribution in [1.29, 1.82) is 0 Å². The SMILES string of the molecule is c1ccc(-c2ccc(-c3nc(-n4c5ccccc5c5c6c7c8ccccc8ccc7n7c8ccccc8c(cc54)c67)nc4c3ccc3ccccc34)cc2)cc1. The number of hydrogen-bond acceptors (Lipinski definition) is 2. The molecule has 13 rings (SSSR count). The monoisotopic (exact) mass is 710 g/mol. The van der Waals surface area contributed by atoms with Crippen LogP contribution in [0.2, 0.25) is 0 Å². The van der Waals surface area contributed by atoms with Crippen LogP contribution in [0.5, 0.6) is 0 Å². The molecule has 13 aromatic rings. The van der Waals surface area contributed by atoms with E-state index in [0.717, 1.165) is 44.0 Å². The number of benzene rings is 9. The Hall–Kier alpha value is -7.56. The number of nitrogens with zero attached hydrogens (tertiary/aromatic N) is 4. The summed E-state index contributed by atoms with van der Waals surface area (Å²) < 4.78 is 4.81. The number of para-hydroxylation sites is 2. The van der Waals surface area contributed by atoms with Crippen LogP contribution >= 0.6 is 0 Å². The average Bonchev–Trinajstić information content (AvgIpc) is 3.91. The van der Waals surface area contributed by atoms with E-state index in [-0.39, 0.29) is 0 Å². The van der Waals surface area contributed by atoms with Crippen LogP contribution < -0.4 is 0 Å². The van der Waals surface area contributed by atoms with Crippen molar-refractivity contribution in [2.45, 2.75) is 0 Å². The molecule has 258 valence electrons. The molecule has 0 radical (unpaired) electrons. The van der Waals surface area contributed by atoms with Crippen LogP contribution in [0.1, 0.15) is 0 Å². The zero-order valence-corrected chi connectivity index (χ0v) is 30.1. The van der Waals surface area contributed by atoms with Gasteiger partial charge in [-0.25, -0.2) is 9.97 Å². The Morgan fingerprint density at radius 1 is 0.339 bits per heavy atom. The second-order valence-electron chi connectivity index (χ2n) is 14.9. The Morgan fingerprint density at radius 2 is 0.946 bits per heavy atom. The molecule has 0 atom stereocenters. The van der Waals surface area contributed by atoms with Gasteiger partial charge in [-0.2, -0.15) is 0 Å². The Labute approximate surface area is 320 Å². The first kappa shape index (κ1) is 29.8. The van der Waals surface area contributed by atoms with Crippen LogP contribution in [0.4, 0.5) is 0 Å². The van der Waals surface area contributed by atoms with Crippen LogP contribution in [-0.4, -0.2) is 18.9 Å². The average molecular weight is 711 g/mol. The highest BCUT2D eigenvalue weighted by atomic mass is 15.2.